The molecule has 0 fully saturated rings. The first-order chi connectivity index (χ1) is 17.4. The van der Waals surface area contributed by atoms with E-state index < -0.39 is 5.91 Å². The van der Waals surface area contributed by atoms with Gasteiger partial charge in [-0.2, -0.15) is 0 Å². The number of halogens is 1. The summed E-state index contributed by atoms with van der Waals surface area (Å²) in [6.07, 6.45) is 1.64. The molecule has 9 heteroatoms. The second kappa shape index (κ2) is 9.75. The van der Waals surface area contributed by atoms with Gasteiger partial charge in [-0.3, -0.25) is 9.78 Å². The largest absolute Gasteiger partial charge is 0.365 e. The van der Waals surface area contributed by atoms with Gasteiger partial charge in [-0.1, -0.05) is 35.0 Å². The molecule has 0 radical (unpaired) electrons. The quantitative estimate of drug-likeness (QED) is 0.290. The van der Waals surface area contributed by atoms with Crippen LogP contribution in [0, 0.1) is 20.8 Å². The normalized spacial score (nSPS) is 11.0. The van der Waals surface area contributed by atoms with Crippen molar-refractivity contribution in [2.24, 2.45) is 0 Å². The van der Waals surface area contributed by atoms with Gasteiger partial charge < -0.3 is 15.2 Å². The Morgan fingerprint density at radius 3 is 2.64 bits per heavy atom. The number of aryl methyl sites for hydroxylation is 3. The monoisotopic (exact) mass is 498 g/mol. The highest BCUT2D eigenvalue weighted by atomic mass is 35.5. The Balaban J connectivity index is 1.56. The number of benzene rings is 2. The van der Waals surface area contributed by atoms with Crippen LogP contribution >= 0.6 is 11.6 Å². The molecular weight excluding hydrogens is 476 g/mol. The number of hydrogen-bond donors (Lipinski definition) is 2. The SMILES string of the molecule is Cc1cc(NC(=O)c2nc(NCc3cccc(Cl)c3)c3cc(-c4c(C)noc4C)ccc3n2)ccn1. The van der Waals surface area contributed by atoms with Gasteiger partial charge in [0, 0.05) is 40.1 Å². The van der Waals surface area contributed by atoms with Crippen LogP contribution < -0.4 is 10.6 Å². The Morgan fingerprint density at radius 2 is 1.89 bits per heavy atom. The maximum absolute atomic E-state index is 13.1. The highest BCUT2D eigenvalue weighted by Crippen LogP contribution is 2.31. The topological polar surface area (TPSA) is 106 Å². The third-order valence-electron chi connectivity index (χ3n) is 5.72. The van der Waals surface area contributed by atoms with Gasteiger partial charge in [0.05, 0.1) is 11.2 Å². The molecule has 2 aromatic carbocycles. The zero-order valence-corrected chi connectivity index (χ0v) is 20.7. The van der Waals surface area contributed by atoms with Gasteiger partial charge in [0.2, 0.25) is 5.82 Å². The summed E-state index contributed by atoms with van der Waals surface area (Å²) in [6, 6.07) is 16.9. The average Bonchev–Trinajstić information content (AvgIpc) is 3.19. The van der Waals surface area contributed by atoms with Crippen LogP contribution in [0.15, 0.2) is 65.3 Å². The molecule has 180 valence electrons. The van der Waals surface area contributed by atoms with E-state index in [0.717, 1.165) is 39.2 Å². The summed E-state index contributed by atoms with van der Waals surface area (Å²) < 4.78 is 5.36. The van der Waals surface area contributed by atoms with Crippen LogP contribution in [0.25, 0.3) is 22.0 Å². The zero-order chi connectivity index (χ0) is 25.2. The lowest BCUT2D eigenvalue weighted by atomic mass is 10.0. The lowest BCUT2D eigenvalue weighted by Gasteiger charge is -2.13. The Labute approximate surface area is 212 Å². The molecule has 0 saturated heterocycles. The van der Waals surface area contributed by atoms with Gasteiger partial charge in [0.25, 0.3) is 5.91 Å². The molecule has 0 spiro atoms. The molecule has 5 aromatic rings. The Hall–Kier alpha value is -4.30. The second-order valence-corrected chi connectivity index (χ2v) is 8.89. The van der Waals surface area contributed by atoms with E-state index in [-0.39, 0.29) is 5.82 Å². The standard InChI is InChI=1S/C27H23ClN6O2/c1-15-11-21(9-10-29-15)31-27(35)26-32-23-8-7-19(24-16(2)34-36-17(24)3)13-22(23)25(33-26)30-14-18-5-4-6-20(28)12-18/h4-13H,14H2,1-3H3,(H,29,31,35)(H,30,32,33). The van der Waals surface area contributed by atoms with E-state index in [0.29, 0.717) is 28.6 Å². The molecular formula is C27H23ClN6O2. The van der Waals surface area contributed by atoms with E-state index in [4.69, 9.17) is 16.1 Å². The van der Waals surface area contributed by atoms with Crippen molar-refractivity contribution in [1.29, 1.82) is 0 Å². The van der Waals surface area contributed by atoms with Crippen LogP contribution in [-0.4, -0.2) is 26.0 Å². The fourth-order valence-electron chi connectivity index (χ4n) is 4.06. The van der Waals surface area contributed by atoms with Crippen LogP contribution in [0.2, 0.25) is 5.02 Å². The van der Waals surface area contributed by atoms with Crippen molar-refractivity contribution >= 4 is 39.9 Å². The number of carbonyl (C=O) groups excluding carboxylic acids is 1. The Kier molecular flexibility index (Phi) is 6.35. The van der Waals surface area contributed by atoms with Crippen molar-refractivity contribution < 1.29 is 9.32 Å². The van der Waals surface area contributed by atoms with Crippen LogP contribution in [0.5, 0.6) is 0 Å². The predicted octanol–water partition coefficient (Wildman–Crippen LogP) is 6.12. The molecule has 1 amide bonds. The predicted molar refractivity (Wildman–Crippen MR) is 140 cm³/mol. The molecule has 0 atom stereocenters. The molecule has 3 aromatic heterocycles. The van der Waals surface area contributed by atoms with Gasteiger partial charge in [-0.25, -0.2) is 9.97 Å². The van der Waals surface area contributed by atoms with E-state index >= 15 is 0 Å². The molecule has 5 rings (SSSR count). The molecule has 8 nitrogen and oxygen atoms in total. The number of amides is 1. The zero-order valence-electron chi connectivity index (χ0n) is 20.0. The van der Waals surface area contributed by atoms with Gasteiger partial charge in [-0.15, -0.1) is 0 Å². The van der Waals surface area contributed by atoms with Crippen LogP contribution in [0.4, 0.5) is 11.5 Å². The minimum absolute atomic E-state index is 0.0515. The minimum Gasteiger partial charge on any atom is -0.365 e. The van der Waals surface area contributed by atoms with Crippen molar-refractivity contribution in [3.63, 3.8) is 0 Å². The summed E-state index contributed by atoms with van der Waals surface area (Å²) in [6.45, 7) is 6.10. The number of carbonyl (C=O) groups is 1. The highest BCUT2D eigenvalue weighted by molar-refractivity contribution is 6.30. The van der Waals surface area contributed by atoms with E-state index in [9.17, 15) is 4.79 Å². The summed E-state index contributed by atoms with van der Waals surface area (Å²) in [4.78, 5) is 26.4. The molecule has 0 aliphatic rings. The molecule has 0 bridgehead atoms. The second-order valence-electron chi connectivity index (χ2n) is 8.45. The fourth-order valence-corrected chi connectivity index (χ4v) is 4.27. The fraction of sp³-hybridized carbons (Fsp3) is 0.148. The smallest absolute Gasteiger partial charge is 0.293 e. The highest BCUT2D eigenvalue weighted by Gasteiger charge is 2.18. The summed E-state index contributed by atoms with van der Waals surface area (Å²) in [5.74, 6) is 0.897. The van der Waals surface area contributed by atoms with Crippen molar-refractivity contribution in [1.82, 2.24) is 20.1 Å². The molecule has 36 heavy (non-hydrogen) atoms. The lowest BCUT2D eigenvalue weighted by Crippen LogP contribution is -2.17. The van der Waals surface area contributed by atoms with Crippen molar-refractivity contribution in [2.75, 3.05) is 10.6 Å². The lowest BCUT2D eigenvalue weighted by molar-refractivity contribution is 0.101. The van der Waals surface area contributed by atoms with Crippen molar-refractivity contribution in [3.8, 4) is 11.1 Å². The number of aromatic nitrogens is 4. The first-order valence-corrected chi connectivity index (χ1v) is 11.7. The van der Waals surface area contributed by atoms with Gasteiger partial charge >= 0.3 is 0 Å². The Bertz CT molecular complexity index is 1580. The number of rotatable bonds is 6. The van der Waals surface area contributed by atoms with Crippen molar-refractivity contribution in [3.05, 3.63) is 94.4 Å². The van der Waals surface area contributed by atoms with Gasteiger partial charge in [0.1, 0.15) is 11.6 Å². The number of nitrogens with one attached hydrogen (secondary N) is 2. The number of pyridine rings is 1. The van der Waals surface area contributed by atoms with Crippen molar-refractivity contribution in [2.45, 2.75) is 27.3 Å². The van der Waals surface area contributed by atoms with Gasteiger partial charge in [-0.05, 0) is 68.3 Å². The summed E-state index contributed by atoms with van der Waals surface area (Å²) in [5, 5.41) is 11.7. The summed E-state index contributed by atoms with van der Waals surface area (Å²) >= 11 is 6.16. The maximum atomic E-state index is 13.1. The molecule has 0 aliphatic carbocycles. The van der Waals surface area contributed by atoms with Crippen LogP contribution in [-0.2, 0) is 6.54 Å². The van der Waals surface area contributed by atoms with Crippen LogP contribution in [0.1, 0.15) is 33.3 Å². The molecule has 3 heterocycles. The van der Waals surface area contributed by atoms with E-state index in [2.05, 4.69) is 30.7 Å². The molecule has 2 N–H and O–H groups in total. The maximum Gasteiger partial charge on any atom is 0.293 e. The number of hydrogen-bond acceptors (Lipinski definition) is 7. The third kappa shape index (κ3) is 4.89. The molecule has 0 saturated carbocycles. The Morgan fingerprint density at radius 1 is 1.03 bits per heavy atom. The minimum atomic E-state index is -0.414. The van der Waals surface area contributed by atoms with Gasteiger partial charge in [0.15, 0.2) is 0 Å². The third-order valence-corrected chi connectivity index (χ3v) is 5.96. The van der Waals surface area contributed by atoms with E-state index in [1.807, 2.05) is 63.2 Å². The summed E-state index contributed by atoms with van der Waals surface area (Å²) in [5.41, 5.74) is 5.68. The number of nitrogens with zero attached hydrogens (tertiary/aromatic N) is 4. The number of anilines is 2. The first kappa shape index (κ1) is 23.4. The van der Waals surface area contributed by atoms with Crippen LogP contribution in [0.3, 0.4) is 0 Å². The van der Waals surface area contributed by atoms with E-state index in [1.54, 1.807) is 18.3 Å². The average molecular weight is 499 g/mol. The first-order valence-electron chi connectivity index (χ1n) is 11.3. The van der Waals surface area contributed by atoms with E-state index in [1.165, 1.54) is 0 Å². The summed E-state index contributed by atoms with van der Waals surface area (Å²) in [7, 11) is 0. The molecule has 0 aliphatic heterocycles. The molecule has 0 unspecified atom stereocenters. The number of fused-ring (bicyclic) bond motifs is 1.